The molecule has 2 atom stereocenters. The second-order valence-electron chi connectivity index (χ2n) is 4.44. The third kappa shape index (κ3) is 2.56. The Hall–Kier alpha value is -0.900. The van der Waals surface area contributed by atoms with Crippen LogP contribution in [0.3, 0.4) is 0 Å². The first-order valence-corrected chi connectivity index (χ1v) is 5.59. The summed E-state index contributed by atoms with van der Waals surface area (Å²) < 4.78 is 0. The highest BCUT2D eigenvalue weighted by Crippen LogP contribution is 2.18. The molecule has 0 bridgehead atoms. The van der Waals surface area contributed by atoms with E-state index < -0.39 is 0 Å². The molecular weight excluding hydrogens is 192 g/mol. The van der Waals surface area contributed by atoms with Gasteiger partial charge in [0, 0.05) is 12.1 Å². The second-order valence-corrected chi connectivity index (χ2v) is 4.44. The smallest absolute Gasteiger partial charge is 0.247 e. The fourth-order valence-corrected chi connectivity index (χ4v) is 1.83. The zero-order valence-electron chi connectivity index (χ0n) is 9.91. The highest BCUT2D eigenvalue weighted by Gasteiger charge is 2.40. The molecule has 1 rings (SSSR count). The number of rotatable bonds is 4. The Morgan fingerprint density at radius 2 is 2.00 bits per heavy atom. The monoisotopic (exact) mass is 212 g/mol. The van der Waals surface area contributed by atoms with Crippen LogP contribution in [0.4, 0.5) is 0 Å². The first-order valence-electron chi connectivity index (χ1n) is 5.59. The maximum atomic E-state index is 11.9. The molecule has 1 aliphatic rings. The topological polar surface area (TPSA) is 49.4 Å². The molecule has 0 aromatic heterocycles. The van der Waals surface area contributed by atoms with Crippen LogP contribution < -0.4 is 5.32 Å². The Bertz CT molecular complexity index is 263. The standard InChI is InChI=1S/C11H20N2O2/c1-5-8(4)13-10(14)6-9(11(13)15)12-7(2)3/h7-9,12H,5-6H2,1-4H3. The van der Waals surface area contributed by atoms with E-state index in [1.165, 1.54) is 4.90 Å². The minimum absolute atomic E-state index is 0.0176. The number of hydrogen-bond acceptors (Lipinski definition) is 3. The van der Waals surface area contributed by atoms with E-state index in [0.717, 1.165) is 6.42 Å². The van der Waals surface area contributed by atoms with Crippen molar-refractivity contribution in [3.05, 3.63) is 0 Å². The van der Waals surface area contributed by atoms with Crippen LogP contribution in [0.5, 0.6) is 0 Å². The van der Waals surface area contributed by atoms with Crippen LogP contribution in [-0.4, -0.2) is 34.8 Å². The van der Waals surface area contributed by atoms with Crippen LogP contribution >= 0.6 is 0 Å². The lowest BCUT2D eigenvalue weighted by molar-refractivity contribution is -0.141. The highest BCUT2D eigenvalue weighted by molar-refractivity contribution is 6.05. The summed E-state index contributed by atoms with van der Waals surface area (Å²) in [6.07, 6.45) is 1.12. The molecule has 0 aromatic rings. The fraction of sp³-hybridized carbons (Fsp3) is 0.818. The second kappa shape index (κ2) is 4.75. The Balaban J connectivity index is 2.70. The molecule has 1 fully saturated rings. The van der Waals surface area contributed by atoms with Gasteiger partial charge in [0.15, 0.2) is 0 Å². The van der Waals surface area contributed by atoms with E-state index in [1.807, 2.05) is 27.7 Å². The lowest BCUT2D eigenvalue weighted by Gasteiger charge is -2.22. The Morgan fingerprint density at radius 1 is 1.40 bits per heavy atom. The van der Waals surface area contributed by atoms with Gasteiger partial charge in [0.25, 0.3) is 0 Å². The molecule has 0 radical (unpaired) electrons. The molecule has 0 aromatic carbocycles. The summed E-state index contributed by atoms with van der Waals surface area (Å²) in [5.41, 5.74) is 0. The van der Waals surface area contributed by atoms with Gasteiger partial charge in [-0.2, -0.15) is 0 Å². The molecule has 1 N–H and O–H groups in total. The van der Waals surface area contributed by atoms with Gasteiger partial charge in [-0.15, -0.1) is 0 Å². The lowest BCUT2D eigenvalue weighted by atomic mass is 10.2. The minimum atomic E-state index is -0.313. The first-order chi connectivity index (χ1) is 6.97. The largest absolute Gasteiger partial charge is 0.303 e. The van der Waals surface area contributed by atoms with Crippen LogP contribution in [-0.2, 0) is 9.59 Å². The highest BCUT2D eigenvalue weighted by atomic mass is 16.2. The van der Waals surface area contributed by atoms with Crippen LogP contribution in [0, 0.1) is 0 Å². The van der Waals surface area contributed by atoms with E-state index in [4.69, 9.17) is 0 Å². The van der Waals surface area contributed by atoms with Gasteiger partial charge in [-0.1, -0.05) is 20.8 Å². The number of likely N-dealkylation sites (tertiary alicyclic amines) is 1. The third-order valence-electron chi connectivity index (χ3n) is 2.75. The van der Waals surface area contributed by atoms with E-state index in [0.29, 0.717) is 6.42 Å². The molecule has 4 heteroatoms. The predicted molar refractivity (Wildman–Crippen MR) is 58.3 cm³/mol. The summed E-state index contributed by atoms with van der Waals surface area (Å²) in [5, 5.41) is 3.12. The number of amides is 2. The SMILES string of the molecule is CCC(C)N1C(=O)CC(NC(C)C)C1=O. The molecule has 0 spiro atoms. The quantitative estimate of drug-likeness (QED) is 0.705. The first kappa shape index (κ1) is 12.2. The van der Waals surface area contributed by atoms with Gasteiger partial charge in [0.05, 0.1) is 12.5 Å². The maximum absolute atomic E-state index is 11.9. The van der Waals surface area contributed by atoms with E-state index >= 15 is 0 Å². The van der Waals surface area contributed by atoms with Gasteiger partial charge in [0.1, 0.15) is 0 Å². The fourth-order valence-electron chi connectivity index (χ4n) is 1.83. The maximum Gasteiger partial charge on any atom is 0.247 e. The third-order valence-corrected chi connectivity index (χ3v) is 2.75. The van der Waals surface area contributed by atoms with Crippen LogP contribution in [0.2, 0.25) is 0 Å². The molecule has 4 nitrogen and oxygen atoms in total. The summed E-state index contributed by atoms with van der Waals surface area (Å²) in [5.74, 6) is -0.115. The van der Waals surface area contributed by atoms with Crippen molar-refractivity contribution >= 4 is 11.8 Å². The molecule has 1 saturated heterocycles. The van der Waals surface area contributed by atoms with Gasteiger partial charge < -0.3 is 5.32 Å². The summed E-state index contributed by atoms with van der Waals surface area (Å²) in [4.78, 5) is 24.9. The summed E-state index contributed by atoms with van der Waals surface area (Å²) in [7, 11) is 0. The average Bonchev–Trinajstić information content (AvgIpc) is 2.40. The Labute approximate surface area is 91.0 Å². The summed E-state index contributed by atoms with van der Waals surface area (Å²) in [6.45, 7) is 7.84. The summed E-state index contributed by atoms with van der Waals surface area (Å²) in [6, 6.07) is -0.0703. The predicted octanol–water partition coefficient (Wildman–Crippen LogP) is 0.910. The minimum Gasteiger partial charge on any atom is -0.303 e. The summed E-state index contributed by atoms with van der Waals surface area (Å²) >= 11 is 0. The van der Waals surface area contributed by atoms with Crippen molar-refractivity contribution in [2.45, 2.75) is 58.7 Å². The van der Waals surface area contributed by atoms with Crippen molar-refractivity contribution in [1.29, 1.82) is 0 Å². The van der Waals surface area contributed by atoms with Gasteiger partial charge in [-0.05, 0) is 13.3 Å². The average molecular weight is 212 g/mol. The molecular formula is C11H20N2O2. The molecule has 15 heavy (non-hydrogen) atoms. The van der Waals surface area contributed by atoms with Crippen molar-refractivity contribution in [3.8, 4) is 0 Å². The van der Waals surface area contributed by atoms with Gasteiger partial charge in [0.2, 0.25) is 11.8 Å². The Morgan fingerprint density at radius 3 is 2.47 bits per heavy atom. The lowest BCUT2D eigenvalue weighted by Crippen LogP contribution is -2.44. The van der Waals surface area contributed by atoms with Crippen LogP contribution in [0.1, 0.15) is 40.5 Å². The van der Waals surface area contributed by atoms with Crippen molar-refractivity contribution in [2.75, 3.05) is 0 Å². The van der Waals surface area contributed by atoms with E-state index in [2.05, 4.69) is 5.32 Å². The van der Waals surface area contributed by atoms with E-state index in [1.54, 1.807) is 0 Å². The van der Waals surface area contributed by atoms with E-state index in [9.17, 15) is 9.59 Å². The number of hydrogen-bond donors (Lipinski definition) is 1. The number of imide groups is 1. The van der Waals surface area contributed by atoms with E-state index in [-0.39, 0.29) is 29.9 Å². The zero-order valence-corrected chi connectivity index (χ0v) is 9.91. The molecule has 1 heterocycles. The van der Waals surface area contributed by atoms with Gasteiger partial charge in [-0.3, -0.25) is 14.5 Å². The van der Waals surface area contributed by atoms with Crippen LogP contribution in [0.25, 0.3) is 0 Å². The van der Waals surface area contributed by atoms with Crippen molar-refractivity contribution in [3.63, 3.8) is 0 Å². The van der Waals surface area contributed by atoms with Crippen molar-refractivity contribution in [2.24, 2.45) is 0 Å². The Kier molecular flexibility index (Phi) is 3.85. The van der Waals surface area contributed by atoms with Crippen LogP contribution in [0.15, 0.2) is 0 Å². The molecule has 2 unspecified atom stereocenters. The molecule has 0 saturated carbocycles. The number of carbonyl (C=O) groups excluding carboxylic acids is 2. The zero-order chi connectivity index (χ0) is 11.6. The molecule has 1 aliphatic heterocycles. The molecule has 0 aliphatic carbocycles. The van der Waals surface area contributed by atoms with Crippen molar-refractivity contribution in [1.82, 2.24) is 10.2 Å². The molecule has 86 valence electrons. The number of nitrogens with one attached hydrogen (secondary N) is 1. The number of carbonyl (C=O) groups is 2. The number of nitrogens with zero attached hydrogens (tertiary/aromatic N) is 1. The van der Waals surface area contributed by atoms with Gasteiger partial charge >= 0.3 is 0 Å². The normalized spacial score (nSPS) is 24.1. The van der Waals surface area contributed by atoms with Gasteiger partial charge in [-0.25, -0.2) is 0 Å². The van der Waals surface area contributed by atoms with Crippen molar-refractivity contribution < 1.29 is 9.59 Å². The molecule has 2 amide bonds.